The van der Waals surface area contributed by atoms with E-state index >= 15 is 0 Å². The maximum absolute atomic E-state index is 12.6. The summed E-state index contributed by atoms with van der Waals surface area (Å²) < 4.78 is 5.31. The molecule has 0 bridgehead atoms. The van der Waals surface area contributed by atoms with E-state index in [-0.39, 0.29) is 5.91 Å². The lowest BCUT2D eigenvalue weighted by molar-refractivity contribution is -0.141. The van der Waals surface area contributed by atoms with Crippen LogP contribution in [0.1, 0.15) is 38.5 Å². The van der Waals surface area contributed by atoms with Crippen LogP contribution in [0.5, 0.6) is 0 Å². The third-order valence-corrected chi connectivity index (χ3v) is 4.21. The van der Waals surface area contributed by atoms with Crippen LogP contribution in [0.3, 0.4) is 0 Å². The maximum Gasteiger partial charge on any atom is 0.243 e. The normalized spacial score (nSPS) is 27.8. The first kappa shape index (κ1) is 11.5. The van der Waals surface area contributed by atoms with Crippen LogP contribution in [0.2, 0.25) is 0 Å². The van der Waals surface area contributed by atoms with Gasteiger partial charge in [-0.05, 0) is 44.4 Å². The molecule has 2 N–H and O–H groups in total. The lowest BCUT2D eigenvalue weighted by Crippen LogP contribution is -2.58. The lowest BCUT2D eigenvalue weighted by atomic mass is 9.89. The van der Waals surface area contributed by atoms with Crippen molar-refractivity contribution in [1.29, 1.82) is 0 Å². The van der Waals surface area contributed by atoms with Crippen LogP contribution < -0.4 is 5.73 Å². The Labute approximate surface area is 102 Å². The first-order chi connectivity index (χ1) is 8.19. The summed E-state index contributed by atoms with van der Waals surface area (Å²) in [5.41, 5.74) is 5.65. The van der Waals surface area contributed by atoms with Crippen molar-refractivity contribution in [3.8, 4) is 0 Å². The van der Waals surface area contributed by atoms with E-state index < -0.39 is 5.54 Å². The van der Waals surface area contributed by atoms with Crippen molar-refractivity contribution >= 4 is 5.91 Å². The molecule has 0 unspecified atom stereocenters. The fourth-order valence-corrected chi connectivity index (χ4v) is 2.60. The first-order valence-electron chi connectivity index (χ1n) is 6.87. The van der Waals surface area contributed by atoms with Gasteiger partial charge in [0.05, 0.1) is 5.54 Å². The zero-order valence-corrected chi connectivity index (χ0v) is 10.4. The molecule has 96 valence electrons. The third kappa shape index (κ3) is 2.47. The van der Waals surface area contributed by atoms with Gasteiger partial charge in [0.15, 0.2) is 0 Å². The molecule has 2 saturated carbocycles. The van der Waals surface area contributed by atoms with E-state index in [0.717, 1.165) is 12.5 Å². The molecule has 1 aliphatic heterocycles. The lowest BCUT2D eigenvalue weighted by Gasteiger charge is -2.37. The molecule has 0 aromatic heterocycles. The van der Waals surface area contributed by atoms with Crippen LogP contribution in [0.4, 0.5) is 0 Å². The van der Waals surface area contributed by atoms with Gasteiger partial charge in [-0.1, -0.05) is 0 Å². The summed E-state index contributed by atoms with van der Waals surface area (Å²) in [6, 6.07) is 0.492. The van der Waals surface area contributed by atoms with Crippen LogP contribution in [0, 0.1) is 5.92 Å². The minimum atomic E-state index is -0.643. The third-order valence-electron chi connectivity index (χ3n) is 4.21. The van der Waals surface area contributed by atoms with Gasteiger partial charge in [0.2, 0.25) is 5.91 Å². The molecule has 17 heavy (non-hydrogen) atoms. The molecule has 3 fully saturated rings. The summed E-state index contributed by atoms with van der Waals surface area (Å²) in [4.78, 5) is 14.7. The highest BCUT2D eigenvalue weighted by Crippen LogP contribution is 2.36. The largest absolute Gasteiger partial charge is 0.381 e. The van der Waals surface area contributed by atoms with Crippen molar-refractivity contribution in [3.05, 3.63) is 0 Å². The Morgan fingerprint density at radius 1 is 1.24 bits per heavy atom. The zero-order chi connectivity index (χ0) is 11.9. The van der Waals surface area contributed by atoms with Crippen molar-refractivity contribution < 1.29 is 9.53 Å². The Bertz CT molecular complexity index is 305. The number of hydrogen-bond acceptors (Lipinski definition) is 3. The summed E-state index contributed by atoms with van der Waals surface area (Å²) in [5.74, 6) is 0.943. The average Bonchev–Trinajstić information content (AvgIpc) is 3.17. The average molecular weight is 238 g/mol. The number of nitrogens with zero attached hydrogens (tertiary/aromatic N) is 1. The summed E-state index contributed by atoms with van der Waals surface area (Å²) >= 11 is 0. The molecular weight excluding hydrogens is 216 g/mol. The van der Waals surface area contributed by atoms with Crippen molar-refractivity contribution in [1.82, 2.24) is 4.90 Å². The first-order valence-corrected chi connectivity index (χ1v) is 6.87. The standard InChI is InChI=1S/C13H22N2O2/c14-13(5-7-17-8-6-13)12(16)15(11-3-4-11)9-10-1-2-10/h10-11H,1-9,14H2. The van der Waals surface area contributed by atoms with Gasteiger partial charge in [-0.2, -0.15) is 0 Å². The Morgan fingerprint density at radius 3 is 2.41 bits per heavy atom. The second-order valence-electron chi connectivity index (χ2n) is 5.90. The summed E-state index contributed by atoms with van der Waals surface area (Å²) in [6.45, 7) is 2.21. The van der Waals surface area contributed by atoms with Gasteiger partial charge in [-0.3, -0.25) is 4.79 Å². The van der Waals surface area contributed by atoms with E-state index in [0.29, 0.717) is 32.1 Å². The number of amides is 1. The van der Waals surface area contributed by atoms with Crippen LogP contribution in [-0.2, 0) is 9.53 Å². The predicted molar refractivity (Wildman–Crippen MR) is 64.4 cm³/mol. The second-order valence-corrected chi connectivity index (χ2v) is 5.90. The molecule has 1 heterocycles. The zero-order valence-electron chi connectivity index (χ0n) is 10.4. The molecule has 4 heteroatoms. The van der Waals surface area contributed by atoms with Gasteiger partial charge in [-0.25, -0.2) is 0 Å². The summed E-state index contributed by atoms with van der Waals surface area (Å²) in [7, 11) is 0. The van der Waals surface area contributed by atoms with Gasteiger partial charge in [0.1, 0.15) is 0 Å². The van der Waals surface area contributed by atoms with Crippen molar-refractivity contribution in [2.24, 2.45) is 11.7 Å². The number of rotatable bonds is 4. The second kappa shape index (κ2) is 4.25. The Hall–Kier alpha value is -0.610. The predicted octanol–water partition coefficient (Wildman–Crippen LogP) is 0.895. The highest BCUT2D eigenvalue weighted by molar-refractivity contribution is 5.86. The fourth-order valence-electron chi connectivity index (χ4n) is 2.60. The van der Waals surface area contributed by atoms with E-state index in [1.54, 1.807) is 0 Å². The quantitative estimate of drug-likeness (QED) is 0.791. The molecule has 2 aliphatic carbocycles. The van der Waals surface area contributed by atoms with Gasteiger partial charge < -0.3 is 15.4 Å². The van der Waals surface area contributed by atoms with E-state index in [4.69, 9.17) is 10.5 Å². The van der Waals surface area contributed by atoms with Crippen molar-refractivity contribution in [2.75, 3.05) is 19.8 Å². The molecular formula is C13H22N2O2. The monoisotopic (exact) mass is 238 g/mol. The van der Waals surface area contributed by atoms with Crippen LogP contribution >= 0.6 is 0 Å². The number of ether oxygens (including phenoxy) is 1. The molecule has 0 atom stereocenters. The van der Waals surface area contributed by atoms with Crippen LogP contribution in [0.25, 0.3) is 0 Å². The summed E-state index contributed by atoms with van der Waals surface area (Å²) in [6.07, 6.45) is 6.28. The van der Waals surface area contributed by atoms with Crippen LogP contribution in [0.15, 0.2) is 0 Å². The molecule has 1 amide bonds. The Morgan fingerprint density at radius 2 is 1.88 bits per heavy atom. The van der Waals surface area contributed by atoms with E-state index in [1.165, 1.54) is 25.7 Å². The fraction of sp³-hybridized carbons (Fsp3) is 0.923. The van der Waals surface area contributed by atoms with Gasteiger partial charge in [0, 0.05) is 25.8 Å². The number of carbonyl (C=O) groups is 1. The Kier molecular flexibility index (Phi) is 2.87. The minimum absolute atomic E-state index is 0.190. The summed E-state index contributed by atoms with van der Waals surface area (Å²) in [5, 5.41) is 0. The number of nitrogens with two attached hydrogens (primary N) is 1. The van der Waals surface area contributed by atoms with E-state index in [9.17, 15) is 4.79 Å². The molecule has 1 saturated heterocycles. The molecule has 0 spiro atoms. The van der Waals surface area contributed by atoms with Crippen LogP contribution in [-0.4, -0.2) is 42.1 Å². The molecule has 0 radical (unpaired) electrons. The molecule has 3 rings (SSSR count). The van der Waals surface area contributed by atoms with E-state index in [1.807, 2.05) is 0 Å². The topological polar surface area (TPSA) is 55.6 Å². The smallest absolute Gasteiger partial charge is 0.243 e. The van der Waals surface area contributed by atoms with Gasteiger partial charge in [-0.15, -0.1) is 0 Å². The van der Waals surface area contributed by atoms with Crippen molar-refractivity contribution in [2.45, 2.75) is 50.1 Å². The van der Waals surface area contributed by atoms with E-state index in [2.05, 4.69) is 4.90 Å². The number of carbonyl (C=O) groups excluding carboxylic acids is 1. The molecule has 3 aliphatic rings. The molecule has 4 nitrogen and oxygen atoms in total. The highest BCUT2D eigenvalue weighted by Gasteiger charge is 2.44. The SMILES string of the molecule is NC1(C(=O)N(CC2CC2)C2CC2)CCOCC1. The van der Waals surface area contributed by atoms with Crippen molar-refractivity contribution in [3.63, 3.8) is 0 Å². The Balaban J connectivity index is 1.68. The molecule has 0 aromatic carbocycles. The van der Waals surface area contributed by atoms with Gasteiger partial charge in [0.25, 0.3) is 0 Å². The molecule has 0 aromatic rings. The maximum atomic E-state index is 12.6. The highest BCUT2D eigenvalue weighted by atomic mass is 16.5. The number of hydrogen-bond donors (Lipinski definition) is 1. The minimum Gasteiger partial charge on any atom is -0.381 e. The van der Waals surface area contributed by atoms with Gasteiger partial charge >= 0.3 is 0 Å².